The number of halogens is 1. The van der Waals surface area contributed by atoms with E-state index in [1.54, 1.807) is 35.5 Å². The lowest BCUT2D eigenvalue weighted by atomic mass is 10.1. The maximum Gasteiger partial charge on any atom is 0.253 e. The third kappa shape index (κ3) is 3.47. The lowest BCUT2D eigenvalue weighted by molar-refractivity contribution is 0.0726. The Kier molecular flexibility index (Phi) is 4.80. The summed E-state index contributed by atoms with van der Waals surface area (Å²) >= 11 is 0. The fourth-order valence-electron chi connectivity index (χ4n) is 3.46. The topological polar surface area (TPSA) is 80.2 Å². The van der Waals surface area contributed by atoms with Gasteiger partial charge in [-0.2, -0.15) is 0 Å². The second-order valence-corrected chi connectivity index (χ2v) is 8.98. The molecule has 1 aliphatic heterocycles. The van der Waals surface area contributed by atoms with Crippen LogP contribution in [0.5, 0.6) is 0 Å². The largest absolute Gasteiger partial charge is 0.339 e. The number of carbonyl (C=O) groups is 1. The number of likely N-dealkylation sites (tertiary alicyclic amines) is 1. The van der Waals surface area contributed by atoms with Crippen molar-refractivity contribution < 1.29 is 17.6 Å². The van der Waals surface area contributed by atoms with Crippen molar-refractivity contribution in [1.82, 2.24) is 14.9 Å². The third-order valence-electron chi connectivity index (χ3n) is 5.03. The van der Waals surface area contributed by atoms with Crippen LogP contribution in [0.2, 0.25) is 0 Å². The molecule has 2 aromatic carbocycles. The summed E-state index contributed by atoms with van der Waals surface area (Å²) in [6.45, 7) is 0.699. The number of nitrogens with zero attached hydrogens (tertiary/aromatic N) is 3. The van der Waals surface area contributed by atoms with E-state index in [2.05, 4.69) is 9.97 Å². The molecule has 28 heavy (non-hydrogen) atoms. The highest BCUT2D eigenvalue weighted by Crippen LogP contribution is 2.26. The van der Waals surface area contributed by atoms with Crippen LogP contribution in [-0.4, -0.2) is 47.5 Å². The van der Waals surface area contributed by atoms with Gasteiger partial charge < -0.3 is 4.90 Å². The lowest BCUT2D eigenvalue weighted by Gasteiger charge is -2.31. The molecule has 0 unspecified atom stereocenters. The first-order chi connectivity index (χ1) is 13.4. The van der Waals surface area contributed by atoms with Crippen molar-refractivity contribution in [2.75, 3.05) is 13.1 Å². The fraction of sp³-hybridized carbons (Fsp3) is 0.250. The molecule has 0 atom stereocenters. The molecular formula is C20H18FN3O3S. The summed E-state index contributed by atoms with van der Waals surface area (Å²) in [5.41, 5.74) is 1.86. The summed E-state index contributed by atoms with van der Waals surface area (Å²) in [5, 5.41) is -0.579. The second-order valence-electron chi connectivity index (χ2n) is 6.75. The predicted octanol–water partition coefficient (Wildman–Crippen LogP) is 2.85. The predicted molar refractivity (Wildman–Crippen MR) is 102 cm³/mol. The van der Waals surface area contributed by atoms with E-state index in [-0.39, 0.29) is 10.8 Å². The van der Waals surface area contributed by atoms with Crippen molar-refractivity contribution >= 4 is 26.8 Å². The molecule has 0 aliphatic carbocycles. The molecule has 0 N–H and O–H groups in total. The van der Waals surface area contributed by atoms with Crippen LogP contribution in [-0.2, 0) is 9.84 Å². The number of rotatable bonds is 3. The number of amides is 1. The van der Waals surface area contributed by atoms with E-state index in [4.69, 9.17) is 0 Å². The Morgan fingerprint density at radius 1 is 0.964 bits per heavy atom. The van der Waals surface area contributed by atoms with E-state index in [1.807, 2.05) is 0 Å². The van der Waals surface area contributed by atoms with E-state index >= 15 is 0 Å². The monoisotopic (exact) mass is 399 g/mol. The molecule has 1 aromatic heterocycles. The zero-order valence-corrected chi connectivity index (χ0v) is 15.8. The van der Waals surface area contributed by atoms with Crippen LogP contribution in [0.15, 0.2) is 59.8 Å². The molecule has 1 amide bonds. The van der Waals surface area contributed by atoms with E-state index in [1.165, 1.54) is 12.1 Å². The maximum atomic E-state index is 13.1. The van der Waals surface area contributed by atoms with Gasteiger partial charge in [-0.1, -0.05) is 0 Å². The van der Waals surface area contributed by atoms with Gasteiger partial charge in [0, 0.05) is 31.0 Å². The van der Waals surface area contributed by atoms with Gasteiger partial charge in [-0.3, -0.25) is 14.8 Å². The van der Waals surface area contributed by atoms with Gasteiger partial charge in [0.15, 0.2) is 9.84 Å². The molecular weight excluding hydrogens is 381 g/mol. The summed E-state index contributed by atoms with van der Waals surface area (Å²) in [6, 6.07) is 10.0. The van der Waals surface area contributed by atoms with Crippen LogP contribution in [0, 0.1) is 5.82 Å². The Morgan fingerprint density at radius 3 is 2.29 bits per heavy atom. The minimum absolute atomic E-state index is 0.117. The van der Waals surface area contributed by atoms with Gasteiger partial charge in [0.2, 0.25) is 0 Å². The molecule has 1 fully saturated rings. The number of benzene rings is 2. The van der Waals surface area contributed by atoms with Gasteiger partial charge in [0.1, 0.15) is 5.82 Å². The summed E-state index contributed by atoms with van der Waals surface area (Å²) in [5.74, 6) is -0.621. The Morgan fingerprint density at radius 2 is 1.61 bits per heavy atom. The molecule has 2 heterocycles. The summed E-state index contributed by atoms with van der Waals surface area (Å²) in [4.78, 5) is 23.0. The number of fused-ring (bicyclic) bond motifs is 1. The van der Waals surface area contributed by atoms with Crippen molar-refractivity contribution in [1.29, 1.82) is 0 Å². The number of aromatic nitrogens is 2. The molecule has 0 saturated carbocycles. The highest BCUT2D eigenvalue weighted by atomic mass is 32.2. The van der Waals surface area contributed by atoms with Gasteiger partial charge in [-0.25, -0.2) is 12.8 Å². The van der Waals surface area contributed by atoms with Gasteiger partial charge >= 0.3 is 0 Å². The van der Waals surface area contributed by atoms with Gasteiger partial charge in [-0.05, 0) is 55.3 Å². The quantitative estimate of drug-likeness (QED) is 0.633. The molecule has 1 aliphatic rings. The molecule has 144 valence electrons. The highest BCUT2D eigenvalue weighted by molar-refractivity contribution is 7.92. The van der Waals surface area contributed by atoms with Crippen molar-refractivity contribution in [2.45, 2.75) is 23.0 Å². The van der Waals surface area contributed by atoms with Crippen LogP contribution in [0.1, 0.15) is 23.2 Å². The average molecular weight is 399 g/mol. The molecule has 1 saturated heterocycles. The summed E-state index contributed by atoms with van der Waals surface area (Å²) < 4.78 is 38.6. The molecule has 0 spiro atoms. The Bertz CT molecular complexity index is 1120. The second kappa shape index (κ2) is 7.27. The number of sulfone groups is 1. The zero-order chi connectivity index (χ0) is 19.7. The summed E-state index contributed by atoms with van der Waals surface area (Å²) in [6.07, 6.45) is 3.86. The van der Waals surface area contributed by atoms with E-state index in [9.17, 15) is 17.6 Å². The van der Waals surface area contributed by atoms with Crippen molar-refractivity contribution in [2.24, 2.45) is 0 Å². The average Bonchev–Trinajstić information content (AvgIpc) is 2.73. The normalized spacial score (nSPS) is 15.7. The maximum absolute atomic E-state index is 13.1. The lowest BCUT2D eigenvalue weighted by Crippen LogP contribution is -2.42. The molecule has 6 nitrogen and oxygen atoms in total. The Balaban J connectivity index is 1.47. The van der Waals surface area contributed by atoms with Gasteiger partial charge in [0.25, 0.3) is 5.91 Å². The first-order valence-electron chi connectivity index (χ1n) is 8.95. The fourth-order valence-corrected chi connectivity index (χ4v) is 5.20. The molecule has 0 radical (unpaired) electrons. The van der Waals surface area contributed by atoms with Crippen LogP contribution in [0.3, 0.4) is 0 Å². The highest BCUT2D eigenvalue weighted by Gasteiger charge is 2.33. The van der Waals surface area contributed by atoms with Gasteiger partial charge in [0.05, 0.1) is 21.2 Å². The van der Waals surface area contributed by atoms with Gasteiger partial charge in [-0.15, -0.1) is 0 Å². The molecule has 0 bridgehead atoms. The van der Waals surface area contributed by atoms with Crippen LogP contribution in [0.4, 0.5) is 4.39 Å². The molecule has 3 aromatic rings. The Labute approximate surface area is 162 Å². The standard InChI is InChI=1S/C20H18FN3O3S/c21-15-2-4-16(5-3-15)28(26,27)17-7-11-24(12-8-17)20(25)14-1-6-18-19(13-14)23-10-9-22-18/h1-6,9-10,13,17H,7-8,11-12H2. The van der Waals surface area contributed by atoms with E-state index in [0.29, 0.717) is 42.5 Å². The third-order valence-corrected chi connectivity index (χ3v) is 7.30. The first kappa shape index (κ1) is 18.5. The van der Waals surface area contributed by atoms with Crippen molar-refractivity contribution in [3.05, 3.63) is 66.2 Å². The smallest absolute Gasteiger partial charge is 0.253 e. The van der Waals surface area contributed by atoms with Crippen LogP contribution >= 0.6 is 0 Å². The number of carbonyl (C=O) groups excluding carboxylic acids is 1. The minimum Gasteiger partial charge on any atom is -0.339 e. The summed E-state index contributed by atoms with van der Waals surface area (Å²) in [7, 11) is -3.54. The van der Waals surface area contributed by atoms with Crippen molar-refractivity contribution in [3.63, 3.8) is 0 Å². The zero-order valence-electron chi connectivity index (χ0n) is 15.0. The number of piperidine rings is 1. The molecule has 8 heteroatoms. The van der Waals surface area contributed by atoms with Crippen LogP contribution < -0.4 is 0 Å². The van der Waals surface area contributed by atoms with E-state index < -0.39 is 20.9 Å². The number of hydrogen-bond donors (Lipinski definition) is 0. The minimum atomic E-state index is -3.54. The number of hydrogen-bond acceptors (Lipinski definition) is 5. The van der Waals surface area contributed by atoms with Crippen molar-refractivity contribution in [3.8, 4) is 0 Å². The molecule has 4 rings (SSSR count). The first-order valence-corrected chi connectivity index (χ1v) is 10.5. The Hall–Kier alpha value is -2.87. The van der Waals surface area contributed by atoms with E-state index in [0.717, 1.165) is 12.1 Å². The van der Waals surface area contributed by atoms with Crippen LogP contribution in [0.25, 0.3) is 11.0 Å². The SMILES string of the molecule is O=C(c1ccc2nccnc2c1)N1CCC(S(=O)(=O)c2ccc(F)cc2)CC1.